The Labute approximate surface area is 140 Å². The average Bonchev–Trinajstić information content (AvgIpc) is 2.86. The summed E-state index contributed by atoms with van der Waals surface area (Å²) in [7, 11) is 1.92. The second-order valence-electron chi connectivity index (χ2n) is 5.31. The number of hydrogen-bond donors (Lipinski definition) is 1. The van der Waals surface area contributed by atoms with Gasteiger partial charge in [0.05, 0.1) is 22.7 Å². The van der Waals surface area contributed by atoms with E-state index in [9.17, 15) is 13.2 Å². The third-order valence-electron chi connectivity index (χ3n) is 3.51. The minimum absolute atomic E-state index is 0.0233. The number of aryl methyl sites for hydroxylation is 1. The molecule has 0 fully saturated rings. The van der Waals surface area contributed by atoms with Gasteiger partial charge in [-0.15, -0.1) is 0 Å². The Morgan fingerprint density at radius 3 is 2.71 bits per heavy atom. The summed E-state index contributed by atoms with van der Waals surface area (Å²) in [6.45, 7) is 1.83. The van der Waals surface area contributed by atoms with Crippen molar-refractivity contribution in [1.29, 1.82) is 0 Å². The van der Waals surface area contributed by atoms with Crippen molar-refractivity contribution in [2.45, 2.75) is 23.5 Å². The van der Waals surface area contributed by atoms with E-state index >= 15 is 0 Å². The molecule has 126 valence electrons. The number of aromatic nitrogens is 4. The molecule has 0 saturated heterocycles. The van der Waals surface area contributed by atoms with E-state index < -0.39 is 11.9 Å². The van der Waals surface area contributed by atoms with Gasteiger partial charge in [-0.05, 0) is 19.1 Å². The Morgan fingerprint density at radius 2 is 2.00 bits per heavy atom. The van der Waals surface area contributed by atoms with E-state index in [2.05, 4.69) is 15.0 Å². The maximum absolute atomic E-state index is 12.8. The summed E-state index contributed by atoms with van der Waals surface area (Å²) >= 11 is 1.08. The molecule has 3 heterocycles. The lowest BCUT2D eigenvalue weighted by Gasteiger charge is -2.12. The number of anilines is 1. The first-order chi connectivity index (χ1) is 11.2. The molecule has 0 saturated carbocycles. The van der Waals surface area contributed by atoms with E-state index in [0.29, 0.717) is 0 Å². The molecule has 24 heavy (non-hydrogen) atoms. The Balaban J connectivity index is 1.88. The van der Waals surface area contributed by atoms with Crippen LogP contribution in [-0.4, -0.2) is 19.5 Å². The standard InChI is InChI=1S/C15H14F3N5S/c1-8(10-5-9-3-4-23(2)11(9)7-20-10)24-14-21-12(15(16,17)18)6-13(19)22-14/h3-8H,1-2H3,(H2,19,21,22). The highest BCUT2D eigenvalue weighted by Gasteiger charge is 2.33. The van der Waals surface area contributed by atoms with E-state index in [1.165, 1.54) is 0 Å². The molecule has 0 aliphatic carbocycles. The number of halogens is 3. The highest BCUT2D eigenvalue weighted by molar-refractivity contribution is 7.99. The fraction of sp³-hybridized carbons (Fsp3) is 0.267. The van der Waals surface area contributed by atoms with E-state index in [-0.39, 0.29) is 16.2 Å². The van der Waals surface area contributed by atoms with Gasteiger partial charge in [0, 0.05) is 24.7 Å². The van der Waals surface area contributed by atoms with Crippen molar-refractivity contribution in [1.82, 2.24) is 19.5 Å². The van der Waals surface area contributed by atoms with Crippen LogP contribution >= 0.6 is 11.8 Å². The van der Waals surface area contributed by atoms with Crippen LogP contribution in [0.15, 0.2) is 35.7 Å². The summed E-state index contributed by atoms with van der Waals surface area (Å²) in [5.41, 5.74) is 6.14. The molecule has 2 N–H and O–H groups in total. The normalized spacial score (nSPS) is 13.4. The van der Waals surface area contributed by atoms with Crippen molar-refractivity contribution in [3.05, 3.63) is 42.0 Å². The molecule has 0 aliphatic rings. The predicted molar refractivity (Wildman–Crippen MR) is 86.4 cm³/mol. The van der Waals surface area contributed by atoms with Crippen LogP contribution in [0.5, 0.6) is 0 Å². The molecule has 0 aliphatic heterocycles. The van der Waals surface area contributed by atoms with Gasteiger partial charge in [0.2, 0.25) is 0 Å². The van der Waals surface area contributed by atoms with Gasteiger partial charge < -0.3 is 10.3 Å². The number of nitrogens with zero attached hydrogens (tertiary/aromatic N) is 4. The molecule has 1 unspecified atom stereocenters. The lowest BCUT2D eigenvalue weighted by Crippen LogP contribution is -2.11. The Kier molecular flexibility index (Phi) is 4.12. The average molecular weight is 353 g/mol. The first-order valence-electron chi connectivity index (χ1n) is 7.03. The molecule has 0 bridgehead atoms. The minimum atomic E-state index is -4.56. The van der Waals surface area contributed by atoms with E-state index in [0.717, 1.165) is 34.4 Å². The number of fused-ring (bicyclic) bond motifs is 1. The zero-order valence-corrected chi connectivity index (χ0v) is 13.7. The summed E-state index contributed by atoms with van der Waals surface area (Å²) in [4.78, 5) is 11.8. The van der Waals surface area contributed by atoms with E-state index in [1.54, 1.807) is 6.20 Å². The van der Waals surface area contributed by atoms with Crippen LogP contribution in [0.3, 0.4) is 0 Å². The molecule has 3 aromatic rings. The number of nitrogens with two attached hydrogens (primary N) is 1. The first kappa shape index (κ1) is 16.6. The Hall–Kier alpha value is -2.29. The molecule has 0 radical (unpaired) electrons. The van der Waals surface area contributed by atoms with Crippen LogP contribution in [0.1, 0.15) is 23.6 Å². The minimum Gasteiger partial charge on any atom is -0.384 e. The number of pyridine rings is 1. The molecule has 0 amide bonds. The third-order valence-corrected chi connectivity index (χ3v) is 4.50. The van der Waals surface area contributed by atoms with Crippen LogP contribution < -0.4 is 5.73 Å². The van der Waals surface area contributed by atoms with E-state index in [1.807, 2.05) is 36.9 Å². The molecule has 5 nitrogen and oxygen atoms in total. The molecule has 0 aromatic carbocycles. The van der Waals surface area contributed by atoms with Crippen molar-refractivity contribution in [2.75, 3.05) is 5.73 Å². The van der Waals surface area contributed by atoms with Crippen molar-refractivity contribution >= 4 is 28.5 Å². The third kappa shape index (κ3) is 3.30. The Morgan fingerprint density at radius 1 is 1.25 bits per heavy atom. The monoisotopic (exact) mass is 353 g/mol. The van der Waals surface area contributed by atoms with Crippen LogP contribution in [0.2, 0.25) is 0 Å². The van der Waals surface area contributed by atoms with Crippen molar-refractivity contribution in [3.8, 4) is 0 Å². The van der Waals surface area contributed by atoms with Gasteiger partial charge >= 0.3 is 6.18 Å². The van der Waals surface area contributed by atoms with Crippen molar-refractivity contribution < 1.29 is 13.2 Å². The van der Waals surface area contributed by atoms with Gasteiger partial charge in [-0.3, -0.25) is 4.98 Å². The van der Waals surface area contributed by atoms with Crippen LogP contribution in [0.4, 0.5) is 19.0 Å². The molecular formula is C15H14F3N5S. The van der Waals surface area contributed by atoms with Gasteiger partial charge in [-0.2, -0.15) is 13.2 Å². The lowest BCUT2D eigenvalue weighted by atomic mass is 10.2. The van der Waals surface area contributed by atoms with Crippen molar-refractivity contribution in [2.24, 2.45) is 7.05 Å². The predicted octanol–water partition coefficient (Wildman–Crippen LogP) is 3.82. The lowest BCUT2D eigenvalue weighted by molar-refractivity contribution is -0.141. The number of hydrogen-bond acceptors (Lipinski definition) is 5. The summed E-state index contributed by atoms with van der Waals surface area (Å²) in [6, 6.07) is 4.59. The van der Waals surface area contributed by atoms with Gasteiger partial charge in [-0.1, -0.05) is 11.8 Å². The molecule has 9 heteroatoms. The topological polar surface area (TPSA) is 69.6 Å². The number of thioether (sulfide) groups is 1. The summed E-state index contributed by atoms with van der Waals surface area (Å²) in [5, 5.41) is 0.765. The number of rotatable bonds is 3. The van der Waals surface area contributed by atoms with Crippen LogP contribution in [0, 0.1) is 0 Å². The van der Waals surface area contributed by atoms with Gasteiger partial charge in [0.15, 0.2) is 10.9 Å². The molecule has 1 atom stereocenters. The zero-order valence-electron chi connectivity index (χ0n) is 12.9. The first-order valence-corrected chi connectivity index (χ1v) is 7.91. The summed E-state index contributed by atoms with van der Waals surface area (Å²) in [5.74, 6) is -0.210. The molecule has 3 rings (SSSR count). The second kappa shape index (κ2) is 5.97. The number of nitrogen functional groups attached to an aromatic ring is 1. The zero-order chi connectivity index (χ0) is 17.5. The molecule has 0 spiro atoms. The SMILES string of the molecule is CC(Sc1nc(N)cc(C(F)(F)F)n1)c1cc2ccn(C)c2cn1. The maximum Gasteiger partial charge on any atom is 0.433 e. The van der Waals surface area contributed by atoms with Crippen LogP contribution in [-0.2, 0) is 13.2 Å². The second-order valence-corrected chi connectivity index (χ2v) is 6.62. The molecule has 3 aromatic heterocycles. The number of alkyl halides is 3. The highest BCUT2D eigenvalue weighted by atomic mass is 32.2. The maximum atomic E-state index is 12.8. The Bertz CT molecular complexity index is 890. The highest BCUT2D eigenvalue weighted by Crippen LogP contribution is 2.35. The van der Waals surface area contributed by atoms with Gasteiger partial charge in [0.25, 0.3) is 0 Å². The van der Waals surface area contributed by atoms with Crippen molar-refractivity contribution in [3.63, 3.8) is 0 Å². The molecular weight excluding hydrogens is 339 g/mol. The fourth-order valence-electron chi connectivity index (χ4n) is 2.26. The van der Waals surface area contributed by atoms with E-state index in [4.69, 9.17) is 5.73 Å². The van der Waals surface area contributed by atoms with Gasteiger partial charge in [-0.25, -0.2) is 9.97 Å². The largest absolute Gasteiger partial charge is 0.433 e. The smallest absolute Gasteiger partial charge is 0.384 e. The fourth-order valence-corrected chi connectivity index (χ4v) is 3.14. The summed E-state index contributed by atoms with van der Waals surface area (Å²) in [6.07, 6.45) is -0.898. The summed E-state index contributed by atoms with van der Waals surface area (Å²) < 4.78 is 40.4. The quantitative estimate of drug-likeness (QED) is 0.573. The van der Waals surface area contributed by atoms with Gasteiger partial charge in [0.1, 0.15) is 5.82 Å². The van der Waals surface area contributed by atoms with Crippen LogP contribution in [0.25, 0.3) is 10.9 Å².